The first-order valence-electron chi connectivity index (χ1n) is 18.6. The van der Waals surface area contributed by atoms with Crippen LogP contribution in [0.3, 0.4) is 0 Å². The van der Waals surface area contributed by atoms with Gasteiger partial charge in [-0.25, -0.2) is 0 Å². The molecule has 8 aromatic rings. The van der Waals surface area contributed by atoms with E-state index in [1.165, 1.54) is 76.3 Å². The number of benzene rings is 7. The van der Waals surface area contributed by atoms with Crippen molar-refractivity contribution in [2.45, 2.75) is 57.3 Å². The van der Waals surface area contributed by atoms with E-state index in [1.54, 1.807) is 5.56 Å². The van der Waals surface area contributed by atoms with Gasteiger partial charge in [0.2, 0.25) is 0 Å². The second-order valence-electron chi connectivity index (χ2n) is 15.1. The van der Waals surface area contributed by atoms with Gasteiger partial charge >= 0.3 is 0 Å². The Labute approximate surface area is 300 Å². The van der Waals surface area contributed by atoms with Crippen molar-refractivity contribution in [3.05, 3.63) is 162 Å². The minimum Gasteiger partial charge on any atom is -0.456 e. The summed E-state index contributed by atoms with van der Waals surface area (Å²) in [4.78, 5) is 2.48. The molecule has 248 valence electrons. The van der Waals surface area contributed by atoms with Gasteiger partial charge in [0, 0.05) is 33.1 Å². The average molecular weight is 660 g/mol. The number of anilines is 3. The Morgan fingerprint density at radius 1 is 0.549 bits per heavy atom. The molecule has 0 saturated heterocycles. The Morgan fingerprint density at radius 3 is 2.14 bits per heavy atom. The molecule has 0 aliphatic heterocycles. The maximum Gasteiger partial charge on any atom is 0.135 e. The van der Waals surface area contributed by atoms with Gasteiger partial charge in [-0.2, -0.15) is 0 Å². The molecule has 2 aliphatic rings. The highest BCUT2D eigenvalue weighted by Gasteiger charge is 2.38. The van der Waals surface area contributed by atoms with Crippen LogP contribution in [0.25, 0.3) is 55.0 Å². The van der Waals surface area contributed by atoms with Crippen molar-refractivity contribution in [2.75, 3.05) is 4.90 Å². The van der Waals surface area contributed by atoms with Crippen molar-refractivity contribution >= 4 is 49.8 Å². The molecule has 0 N–H and O–H groups in total. The summed E-state index contributed by atoms with van der Waals surface area (Å²) in [6, 6.07) is 53.7. The molecule has 1 heterocycles. The Hall–Kier alpha value is -5.60. The van der Waals surface area contributed by atoms with E-state index in [-0.39, 0.29) is 5.41 Å². The third-order valence-electron chi connectivity index (χ3n) is 11.8. The van der Waals surface area contributed by atoms with Crippen LogP contribution in [0.4, 0.5) is 17.1 Å². The minimum atomic E-state index is -0.118. The zero-order valence-corrected chi connectivity index (χ0v) is 29.3. The Balaban J connectivity index is 1.23. The van der Waals surface area contributed by atoms with Crippen molar-refractivity contribution in [2.24, 2.45) is 0 Å². The van der Waals surface area contributed by atoms with Gasteiger partial charge in [-0.05, 0) is 105 Å². The molecular weight excluding hydrogens is 619 g/mol. The summed E-state index contributed by atoms with van der Waals surface area (Å²) in [7, 11) is 0. The van der Waals surface area contributed by atoms with Crippen LogP contribution in [0.1, 0.15) is 68.6 Å². The Morgan fingerprint density at radius 2 is 1.27 bits per heavy atom. The molecule has 1 aromatic heterocycles. The van der Waals surface area contributed by atoms with Crippen LogP contribution < -0.4 is 4.90 Å². The first kappa shape index (κ1) is 30.2. The molecule has 51 heavy (non-hydrogen) atoms. The van der Waals surface area contributed by atoms with Crippen molar-refractivity contribution in [1.82, 2.24) is 0 Å². The maximum atomic E-state index is 6.32. The molecule has 0 atom stereocenters. The molecular formula is C49H41NO. The number of para-hydroxylation sites is 1. The van der Waals surface area contributed by atoms with Crippen molar-refractivity contribution < 1.29 is 4.42 Å². The molecule has 0 amide bonds. The zero-order chi connectivity index (χ0) is 34.1. The lowest BCUT2D eigenvalue weighted by molar-refractivity contribution is 0.444. The molecule has 0 unspecified atom stereocenters. The zero-order valence-electron chi connectivity index (χ0n) is 29.3. The molecule has 2 heteroatoms. The number of fused-ring (bicyclic) bond motifs is 7. The van der Waals surface area contributed by atoms with Gasteiger partial charge in [0.05, 0.1) is 5.69 Å². The smallest absolute Gasteiger partial charge is 0.135 e. The molecule has 0 spiro atoms. The number of hydrogen-bond donors (Lipinski definition) is 0. The number of nitrogens with zero attached hydrogens (tertiary/aromatic N) is 1. The van der Waals surface area contributed by atoms with Gasteiger partial charge in [0.15, 0.2) is 0 Å². The minimum absolute atomic E-state index is 0.118. The van der Waals surface area contributed by atoms with Crippen molar-refractivity contribution in [1.29, 1.82) is 0 Å². The summed E-state index contributed by atoms with van der Waals surface area (Å²) in [5.74, 6) is 0.647. The summed E-state index contributed by atoms with van der Waals surface area (Å²) in [5.41, 5.74) is 14.9. The van der Waals surface area contributed by atoms with E-state index in [1.807, 2.05) is 6.07 Å². The van der Waals surface area contributed by atoms with Crippen LogP contribution in [0.15, 0.2) is 150 Å². The molecule has 7 aromatic carbocycles. The van der Waals surface area contributed by atoms with Crippen LogP contribution in [0.5, 0.6) is 0 Å². The van der Waals surface area contributed by atoms with E-state index >= 15 is 0 Å². The first-order valence-corrected chi connectivity index (χ1v) is 18.6. The predicted octanol–water partition coefficient (Wildman–Crippen LogP) is 14.2. The summed E-state index contributed by atoms with van der Waals surface area (Å²) >= 11 is 0. The van der Waals surface area contributed by atoms with Crippen LogP contribution in [-0.2, 0) is 5.41 Å². The van der Waals surface area contributed by atoms with Gasteiger partial charge < -0.3 is 9.32 Å². The quantitative estimate of drug-likeness (QED) is 0.183. The molecule has 0 bridgehead atoms. The van der Waals surface area contributed by atoms with Crippen LogP contribution >= 0.6 is 0 Å². The highest BCUT2D eigenvalue weighted by molar-refractivity contribution is 6.09. The topological polar surface area (TPSA) is 16.4 Å². The monoisotopic (exact) mass is 659 g/mol. The maximum absolute atomic E-state index is 6.32. The van der Waals surface area contributed by atoms with Crippen LogP contribution in [0.2, 0.25) is 0 Å². The molecule has 2 aliphatic carbocycles. The highest BCUT2D eigenvalue weighted by atomic mass is 16.3. The SMILES string of the molecule is CC1(C)c2cc(N(c3ccc4oc5ccccc5c4c3)c3ccc4ccccc4c3-c3ccccc3)ccc2-c2c(C3CCCCC3)cccc21. The molecule has 1 fully saturated rings. The summed E-state index contributed by atoms with van der Waals surface area (Å²) in [6.45, 7) is 4.84. The van der Waals surface area contributed by atoms with Crippen molar-refractivity contribution in [3.8, 4) is 22.3 Å². The second-order valence-corrected chi connectivity index (χ2v) is 15.1. The van der Waals surface area contributed by atoms with Gasteiger partial charge in [-0.1, -0.05) is 136 Å². The van der Waals surface area contributed by atoms with Gasteiger partial charge in [-0.3, -0.25) is 0 Å². The molecule has 10 rings (SSSR count). The number of hydrogen-bond acceptors (Lipinski definition) is 2. The largest absolute Gasteiger partial charge is 0.456 e. The van der Waals surface area contributed by atoms with Crippen LogP contribution in [0, 0.1) is 0 Å². The normalized spacial score (nSPS) is 15.3. The van der Waals surface area contributed by atoms with E-state index in [2.05, 4.69) is 158 Å². The third kappa shape index (κ3) is 4.77. The van der Waals surface area contributed by atoms with E-state index in [0.29, 0.717) is 5.92 Å². The van der Waals surface area contributed by atoms with Gasteiger partial charge in [0.25, 0.3) is 0 Å². The van der Waals surface area contributed by atoms with E-state index in [0.717, 1.165) is 39.0 Å². The first-order chi connectivity index (χ1) is 25.1. The lowest BCUT2D eigenvalue weighted by atomic mass is 9.78. The standard InChI is InChI=1S/C49H41NO/c1-49(2)42-22-13-21-38(32-14-5-3-6-15-32)48(42)40-27-25-36(31-43(40)49)50(35-26-29-46-41(30-35)39-20-11-12-23-45(39)51-46)44-28-24-33-16-9-10-19-37(33)47(44)34-17-7-4-8-18-34/h4,7-13,16-32H,3,5-6,14-15H2,1-2H3. The Kier molecular flexibility index (Phi) is 6.96. The highest BCUT2D eigenvalue weighted by Crippen LogP contribution is 2.55. The third-order valence-corrected chi connectivity index (χ3v) is 11.8. The summed E-state index contributed by atoms with van der Waals surface area (Å²) < 4.78 is 6.32. The summed E-state index contributed by atoms with van der Waals surface area (Å²) in [6.07, 6.45) is 6.64. The number of rotatable bonds is 5. The van der Waals surface area contributed by atoms with E-state index in [9.17, 15) is 0 Å². The lowest BCUT2D eigenvalue weighted by Crippen LogP contribution is -2.17. The van der Waals surface area contributed by atoms with E-state index in [4.69, 9.17) is 4.42 Å². The van der Waals surface area contributed by atoms with Gasteiger partial charge in [-0.15, -0.1) is 0 Å². The molecule has 1 saturated carbocycles. The second kappa shape index (κ2) is 11.7. The van der Waals surface area contributed by atoms with Crippen molar-refractivity contribution in [3.63, 3.8) is 0 Å². The molecule has 0 radical (unpaired) electrons. The fraction of sp³-hybridized carbons (Fsp3) is 0.184. The molecule has 2 nitrogen and oxygen atoms in total. The van der Waals surface area contributed by atoms with Crippen LogP contribution in [-0.4, -0.2) is 0 Å². The Bertz CT molecular complexity index is 2600. The van der Waals surface area contributed by atoms with Gasteiger partial charge in [0.1, 0.15) is 11.2 Å². The van der Waals surface area contributed by atoms with E-state index < -0.39 is 0 Å². The fourth-order valence-electron chi connectivity index (χ4n) is 9.33. The fourth-order valence-corrected chi connectivity index (χ4v) is 9.33. The number of furan rings is 1. The predicted molar refractivity (Wildman–Crippen MR) is 215 cm³/mol. The summed E-state index contributed by atoms with van der Waals surface area (Å²) in [5, 5.41) is 4.74. The lowest BCUT2D eigenvalue weighted by Gasteiger charge is -2.30. The average Bonchev–Trinajstić information content (AvgIpc) is 3.67.